The molecular weight excluding hydrogens is 393 g/mol. The lowest BCUT2D eigenvalue weighted by molar-refractivity contribution is 0.0692. The van der Waals surface area contributed by atoms with E-state index in [1.807, 2.05) is 59.2 Å². The maximum atomic E-state index is 14.5. The Bertz CT molecular complexity index is 1530. The molecule has 0 amide bonds. The quantitative estimate of drug-likeness (QED) is 0.425. The van der Waals surface area contributed by atoms with Crippen LogP contribution in [0, 0.1) is 17.1 Å². The van der Waals surface area contributed by atoms with Gasteiger partial charge in [-0.1, -0.05) is 30.3 Å². The molecule has 148 valence electrons. The first-order chi connectivity index (χ1) is 15.1. The van der Waals surface area contributed by atoms with Gasteiger partial charge in [-0.2, -0.15) is 5.26 Å². The zero-order valence-corrected chi connectivity index (χ0v) is 16.1. The number of nitrogens with zero attached hydrogens (tertiary/aromatic N) is 3. The molecule has 2 heterocycles. The predicted molar refractivity (Wildman–Crippen MR) is 116 cm³/mol. The number of rotatable bonds is 3. The first kappa shape index (κ1) is 18.5. The number of benzene rings is 3. The molecule has 0 spiro atoms. The van der Waals surface area contributed by atoms with Gasteiger partial charge in [-0.05, 0) is 48.0 Å². The maximum absolute atomic E-state index is 14.5. The summed E-state index contributed by atoms with van der Waals surface area (Å²) in [5.74, 6) is -2.09. The minimum Gasteiger partial charge on any atom is -0.478 e. The largest absolute Gasteiger partial charge is 0.478 e. The number of carboxylic acids is 1. The minimum atomic E-state index is -1.30. The van der Waals surface area contributed by atoms with Crippen molar-refractivity contribution in [2.45, 2.75) is 0 Å². The molecule has 31 heavy (non-hydrogen) atoms. The molecular formula is C25H14FN3O2. The summed E-state index contributed by atoms with van der Waals surface area (Å²) >= 11 is 0. The van der Waals surface area contributed by atoms with Crippen molar-refractivity contribution in [3.8, 4) is 22.9 Å². The van der Waals surface area contributed by atoms with Gasteiger partial charge in [0.05, 0.1) is 16.6 Å². The number of aromatic carboxylic acids is 1. The van der Waals surface area contributed by atoms with E-state index in [2.05, 4.69) is 4.98 Å². The van der Waals surface area contributed by atoms with Crippen molar-refractivity contribution >= 4 is 27.8 Å². The Balaban J connectivity index is 1.83. The third kappa shape index (κ3) is 2.92. The summed E-state index contributed by atoms with van der Waals surface area (Å²) in [4.78, 5) is 15.4. The molecule has 0 bridgehead atoms. The van der Waals surface area contributed by atoms with E-state index in [0.717, 1.165) is 32.9 Å². The van der Waals surface area contributed by atoms with Crippen LogP contribution in [-0.4, -0.2) is 20.6 Å². The van der Waals surface area contributed by atoms with E-state index in [9.17, 15) is 9.18 Å². The van der Waals surface area contributed by atoms with E-state index in [1.165, 1.54) is 12.1 Å². The number of pyridine rings is 1. The average Bonchev–Trinajstić information content (AvgIpc) is 3.13. The number of hydrogen-bond acceptors (Lipinski definition) is 3. The van der Waals surface area contributed by atoms with Crippen molar-refractivity contribution in [1.82, 2.24) is 9.55 Å². The fourth-order valence-corrected chi connectivity index (χ4v) is 3.97. The molecule has 6 heteroatoms. The Morgan fingerprint density at radius 2 is 1.81 bits per heavy atom. The molecule has 2 aromatic heterocycles. The van der Waals surface area contributed by atoms with Gasteiger partial charge in [0.15, 0.2) is 0 Å². The summed E-state index contributed by atoms with van der Waals surface area (Å²) in [5.41, 5.74) is 4.02. The third-order valence-electron chi connectivity index (χ3n) is 5.33. The zero-order chi connectivity index (χ0) is 21.5. The number of aromatic nitrogens is 2. The number of fused-ring (bicyclic) bond motifs is 3. The van der Waals surface area contributed by atoms with Crippen LogP contribution in [0.25, 0.3) is 38.6 Å². The van der Waals surface area contributed by atoms with E-state index >= 15 is 0 Å². The van der Waals surface area contributed by atoms with Gasteiger partial charge in [0.2, 0.25) is 0 Å². The fraction of sp³-hybridized carbons (Fsp3) is 0. The zero-order valence-electron chi connectivity index (χ0n) is 16.1. The number of carboxylic acid groups (broad SMARTS) is 1. The lowest BCUT2D eigenvalue weighted by atomic mass is 10.0. The molecule has 0 aliphatic rings. The van der Waals surface area contributed by atoms with Gasteiger partial charge >= 0.3 is 5.97 Å². The Hall–Kier alpha value is -4.50. The van der Waals surface area contributed by atoms with Crippen LogP contribution in [0.1, 0.15) is 16.1 Å². The van der Waals surface area contributed by atoms with Gasteiger partial charge in [0.1, 0.15) is 17.6 Å². The van der Waals surface area contributed by atoms with Gasteiger partial charge in [-0.25, -0.2) is 14.2 Å². The standard InChI is InChI=1S/C25H14FN3O2/c26-21-12-17(10-11-19(21)25(30)31)29-22-6-2-1-4-20(22)24-18(5-3-7-23(24)29)15-8-9-16(13-27)28-14-15/h1-12,14H,(H,30,31). The summed E-state index contributed by atoms with van der Waals surface area (Å²) in [7, 11) is 0. The van der Waals surface area contributed by atoms with Crippen molar-refractivity contribution < 1.29 is 14.3 Å². The molecule has 0 saturated heterocycles. The van der Waals surface area contributed by atoms with E-state index in [1.54, 1.807) is 18.3 Å². The monoisotopic (exact) mass is 407 g/mol. The third-order valence-corrected chi connectivity index (χ3v) is 5.33. The summed E-state index contributed by atoms with van der Waals surface area (Å²) in [6, 6.07) is 23.3. The van der Waals surface area contributed by atoms with E-state index in [4.69, 9.17) is 10.4 Å². The predicted octanol–water partition coefficient (Wildman–Crippen LogP) is 5.55. The minimum absolute atomic E-state index is 0.340. The molecule has 0 aliphatic heterocycles. The highest BCUT2D eigenvalue weighted by Crippen LogP contribution is 2.38. The highest BCUT2D eigenvalue weighted by molar-refractivity contribution is 6.15. The first-order valence-electron chi connectivity index (χ1n) is 9.50. The molecule has 5 nitrogen and oxygen atoms in total. The SMILES string of the molecule is N#Cc1ccc(-c2cccc3c2c2ccccc2n3-c2ccc(C(=O)O)c(F)c2)cn1. The molecule has 5 rings (SSSR count). The number of halogens is 1. The second-order valence-corrected chi connectivity index (χ2v) is 7.07. The Labute approximate surface area is 176 Å². The number of para-hydroxylation sites is 1. The molecule has 0 unspecified atom stereocenters. The molecule has 1 N–H and O–H groups in total. The van der Waals surface area contributed by atoms with Crippen LogP contribution < -0.4 is 0 Å². The summed E-state index contributed by atoms with van der Waals surface area (Å²) in [6.07, 6.45) is 1.67. The second-order valence-electron chi connectivity index (χ2n) is 7.07. The van der Waals surface area contributed by atoms with Crippen LogP contribution in [0.2, 0.25) is 0 Å². The number of carbonyl (C=O) groups is 1. The van der Waals surface area contributed by atoms with Crippen LogP contribution in [-0.2, 0) is 0 Å². The van der Waals surface area contributed by atoms with Crippen LogP contribution in [0.5, 0.6) is 0 Å². The van der Waals surface area contributed by atoms with Crippen LogP contribution in [0.3, 0.4) is 0 Å². The molecule has 0 fully saturated rings. The van der Waals surface area contributed by atoms with Crippen LogP contribution in [0.4, 0.5) is 4.39 Å². The summed E-state index contributed by atoms with van der Waals surface area (Å²) in [5, 5.41) is 20.1. The van der Waals surface area contributed by atoms with Crippen molar-refractivity contribution in [3.05, 3.63) is 96.1 Å². The van der Waals surface area contributed by atoms with E-state index in [0.29, 0.717) is 11.4 Å². The highest BCUT2D eigenvalue weighted by atomic mass is 19.1. The lowest BCUT2D eigenvalue weighted by Crippen LogP contribution is -2.02. The molecule has 5 aromatic rings. The molecule has 0 atom stereocenters. The van der Waals surface area contributed by atoms with Gasteiger partial charge < -0.3 is 9.67 Å². The van der Waals surface area contributed by atoms with E-state index in [-0.39, 0.29) is 5.56 Å². The van der Waals surface area contributed by atoms with Crippen molar-refractivity contribution in [3.63, 3.8) is 0 Å². The smallest absolute Gasteiger partial charge is 0.338 e. The Kier molecular flexibility index (Phi) is 4.23. The van der Waals surface area contributed by atoms with Gasteiger partial charge in [0.25, 0.3) is 0 Å². The summed E-state index contributed by atoms with van der Waals surface area (Å²) < 4.78 is 16.4. The topological polar surface area (TPSA) is 78.9 Å². The first-order valence-corrected chi connectivity index (χ1v) is 9.50. The van der Waals surface area contributed by atoms with Crippen molar-refractivity contribution in [2.24, 2.45) is 0 Å². The molecule has 0 radical (unpaired) electrons. The second kappa shape index (κ2) is 7.08. The van der Waals surface area contributed by atoms with Crippen molar-refractivity contribution in [2.75, 3.05) is 0 Å². The normalized spacial score (nSPS) is 11.0. The Morgan fingerprint density at radius 3 is 2.52 bits per heavy atom. The highest BCUT2D eigenvalue weighted by Gasteiger charge is 2.18. The average molecular weight is 407 g/mol. The number of hydrogen-bond donors (Lipinski definition) is 1. The van der Waals surface area contributed by atoms with Crippen LogP contribution >= 0.6 is 0 Å². The molecule has 3 aromatic carbocycles. The summed E-state index contributed by atoms with van der Waals surface area (Å²) in [6.45, 7) is 0. The molecule has 0 aliphatic carbocycles. The van der Waals surface area contributed by atoms with Crippen LogP contribution in [0.15, 0.2) is 79.0 Å². The number of nitriles is 1. The van der Waals surface area contributed by atoms with Crippen molar-refractivity contribution in [1.29, 1.82) is 5.26 Å². The van der Waals surface area contributed by atoms with Gasteiger partial charge in [-0.15, -0.1) is 0 Å². The fourth-order valence-electron chi connectivity index (χ4n) is 3.97. The lowest BCUT2D eigenvalue weighted by Gasteiger charge is -2.10. The molecule has 0 saturated carbocycles. The Morgan fingerprint density at radius 1 is 1.00 bits per heavy atom. The van der Waals surface area contributed by atoms with E-state index < -0.39 is 11.8 Å². The van der Waals surface area contributed by atoms with Gasteiger partial charge in [0, 0.05) is 28.2 Å². The maximum Gasteiger partial charge on any atom is 0.338 e. The van der Waals surface area contributed by atoms with Gasteiger partial charge in [-0.3, -0.25) is 0 Å².